The van der Waals surface area contributed by atoms with Crippen molar-refractivity contribution in [1.29, 1.82) is 0 Å². The number of aliphatic hydroxyl groups excluding tert-OH is 3. The Balaban J connectivity index is 3.71. The zero-order valence-corrected chi connectivity index (χ0v) is 15.1. The molecular formula is C19H34O5. The van der Waals surface area contributed by atoms with Gasteiger partial charge in [0.2, 0.25) is 0 Å². The highest BCUT2D eigenvalue weighted by Gasteiger charge is 2.21. The summed E-state index contributed by atoms with van der Waals surface area (Å²) >= 11 is 0. The third-order valence-corrected chi connectivity index (χ3v) is 3.84. The number of ether oxygens (including phenoxy) is 1. The molecule has 0 fully saturated rings. The minimum Gasteiger partial charge on any atom is -0.469 e. The van der Waals surface area contributed by atoms with E-state index in [0.29, 0.717) is 12.8 Å². The van der Waals surface area contributed by atoms with E-state index in [2.05, 4.69) is 4.74 Å². The van der Waals surface area contributed by atoms with E-state index < -0.39 is 18.3 Å². The first-order chi connectivity index (χ1) is 11.5. The Morgan fingerprint density at radius 3 is 2.33 bits per heavy atom. The molecule has 0 aliphatic rings. The number of unbranched alkanes of at least 4 members (excludes halogenated alkanes) is 5. The van der Waals surface area contributed by atoms with Crippen molar-refractivity contribution in [3.05, 3.63) is 24.3 Å². The molecule has 3 atom stereocenters. The van der Waals surface area contributed by atoms with Crippen molar-refractivity contribution in [3.63, 3.8) is 0 Å². The fraction of sp³-hybridized carbons (Fsp3) is 0.737. The Kier molecular flexibility index (Phi) is 14.6. The molecule has 0 aliphatic carbocycles. The van der Waals surface area contributed by atoms with Crippen molar-refractivity contribution in [3.8, 4) is 0 Å². The lowest BCUT2D eigenvalue weighted by Gasteiger charge is -2.19. The molecule has 5 nitrogen and oxygen atoms in total. The number of hydrogen-bond donors (Lipinski definition) is 3. The van der Waals surface area contributed by atoms with Crippen molar-refractivity contribution in [1.82, 2.24) is 0 Å². The van der Waals surface area contributed by atoms with Gasteiger partial charge in [0.1, 0.15) is 12.2 Å². The molecule has 0 spiro atoms. The second-order valence-corrected chi connectivity index (χ2v) is 5.97. The zero-order valence-electron chi connectivity index (χ0n) is 15.1. The van der Waals surface area contributed by atoms with Gasteiger partial charge in [-0.1, -0.05) is 50.5 Å². The van der Waals surface area contributed by atoms with E-state index in [9.17, 15) is 20.1 Å². The average molecular weight is 342 g/mol. The number of carbonyl (C=O) groups excluding carboxylic acids is 1. The van der Waals surface area contributed by atoms with Crippen LogP contribution in [-0.4, -0.2) is 46.7 Å². The number of allylic oxidation sites excluding steroid dienone is 2. The number of rotatable bonds is 14. The maximum atomic E-state index is 10.9. The van der Waals surface area contributed by atoms with Crippen LogP contribution in [0.3, 0.4) is 0 Å². The normalized spacial score (nSPS) is 15.7. The molecule has 0 aromatic rings. The Hall–Kier alpha value is -1.17. The van der Waals surface area contributed by atoms with Gasteiger partial charge in [0.05, 0.1) is 13.2 Å². The Labute approximate surface area is 146 Å². The van der Waals surface area contributed by atoms with Gasteiger partial charge >= 0.3 is 5.97 Å². The second kappa shape index (κ2) is 15.4. The topological polar surface area (TPSA) is 87.0 Å². The van der Waals surface area contributed by atoms with Gasteiger partial charge in [0.25, 0.3) is 0 Å². The Morgan fingerprint density at radius 2 is 1.67 bits per heavy atom. The molecule has 5 heteroatoms. The molecule has 0 amide bonds. The lowest BCUT2D eigenvalue weighted by Crippen LogP contribution is -2.35. The van der Waals surface area contributed by atoms with Gasteiger partial charge in [-0.2, -0.15) is 0 Å². The van der Waals surface area contributed by atoms with Crippen molar-refractivity contribution >= 4 is 5.97 Å². The van der Waals surface area contributed by atoms with Gasteiger partial charge in [0, 0.05) is 6.42 Å². The largest absolute Gasteiger partial charge is 0.469 e. The zero-order chi connectivity index (χ0) is 18.2. The Bertz CT molecular complexity index is 365. The molecule has 0 rings (SSSR count). The van der Waals surface area contributed by atoms with E-state index in [0.717, 1.165) is 44.9 Å². The maximum Gasteiger partial charge on any atom is 0.305 e. The van der Waals surface area contributed by atoms with Crippen LogP contribution in [-0.2, 0) is 9.53 Å². The quantitative estimate of drug-likeness (QED) is 0.257. The smallest absolute Gasteiger partial charge is 0.305 e. The van der Waals surface area contributed by atoms with Crippen LogP contribution in [0.4, 0.5) is 0 Å². The van der Waals surface area contributed by atoms with Gasteiger partial charge in [-0.05, 0) is 32.1 Å². The summed E-state index contributed by atoms with van der Waals surface area (Å²) in [6.45, 7) is 2.00. The highest BCUT2D eigenvalue weighted by molar-refractivity contribution is 5.68. The van der Waals surface area contributed by atoms with Crippen LogP contribution in [0.15, 0.2) is 24.3 Å². The first-order valence-electron chi connectivity index (χ1n) is 8.95. The molecule has 0 unspecified atom stereocenters. The Morgan fingerprint density at radius 1 is 1.00 bits per heavy atom. The summed E-state index contributed by atoms with van der Waals surface area (Å²) in [7, 11) is 1.40. The van der Waals surface area contributed by atoms with Gasteiger partial charge in [-0.15, -0.1) is 0 Å². The molecule has 0 aliphatic heterocycles. The van der Waals surface area contributed by atoms with Crippen LogP contribution in [0, 0.1) is 0 Å². The van der Waals surface area contributed by atoms with Gasteiger partial charge < -0.3 is 20.1 Å². The molecule has 0 bridgehead atoms. The minimum atomic E-state index is -1.17. The number of methoxy groups -OCH3 is 1. The summed E-state index contributed by atoms with van der Waals surface area (Å²) in [5.74, 6) is -0.155. The summed E-state index contributed by atoms with van der Waals surface area (Å²) in [5.41, 5.74) is 0. The third kappa shape index (κ3) is 12.3. The first kappa shape index (κ1) is 22.8. The van der Waals surface area contributed by atoms with E-state index in [1.807, 2.05) is 25.2 Å². The highest BCUT2D eigenvalue weighted by atomic mass is 16.5. The molecule has 0 saturated heterocycles. The van der Waals surface area contributed by atoms with Crippen LogP contribution >= 0.6 is 0 Å². The summed E-state index contributed by atoms with van der Waals surface area (Å²) < 4.78 is 4.58. The molecule has 0 aromatic carbocycles. The van der Waals surface area contributed by atoms with Crippen LogP contribution < -0.4 is 0 Å². The van der Waals surface area contributed by atoms with E-state index >= 15 is 0 Å². The minimum absolute atomic E-state index is 0.155. The number of carbonyl (C=O) groups is 1. The maximum absolute atomic E-state index is 10.9. The molecule has 3 N–H and O–H groups in total. The summed E-state index contributed by atoms with van der Waals surface area (Å²) in [6, 6.07) is 0. The molecular weight excluding hydrogens is 308 g/mol. The second-order valence-electron chi connectivity index (χ2n) is 5.97. The summed E-state index contributed by atoms with van der Waals surface area (Å²) in [6.07, 6.45) is 11.5. The monoisotopic (exact) mass is 342 g/mol. The van der Waals surface area contributed by atoms with Gasteiger partial charge in [-0.25, -0.2) is 0 Å². The molecule has 24 heavy (non-hydrogen) atoms. The van der Waals surface area contributed by atoms with E-state index in [1.165, 1.54) is 7.11 Å². The predicted octanol–water partition coefficient (Wildman–Crippen LogP) is 2.89. The van der Waals surface area contributed by atoms with Crippen molar-refractivity contribution in [2.45, 2.75) is 83.0 Å². The van der Waals surface area contributed by atoms with Crippen LogP contribution in [0.2, 0.25) is 0 Å². The van der Waals surface area contributed by atoms with E-state index in [4.69, 9.17) is 0 Å². The lowest BCUT2D eigenvalue weighted by atomic mass is 10.0. The number of aliphatic hydroxyl groups is 3. The average Bonchev–Trinajstić information content (AvgIpc) is 2.59. The SMILES string of the molecule is CC/C=C\C[C@H](O)[C@H](O)[C@H](O)/C=C\CCCCCCCC(=O)OC. The standard InChI is InChI=1S/C19H34O5/c1-3-4-10-13-16(20)19(23)17(21)14-11-8-6-5-7-9-12-15-18(22)24-2/h4,10-11,14,16-17,19-21,23H,3,5-9,12-13,15H2,1-2H3/b10-4-,14-11-/t16-,17+,19-/m0/s1. The fourth-order valence-electron chi connectivity index (χ4n) is 2.28. The molecule has 0 heterocycles. The molecule has 0 saturated carbocycles. The summed E-state index contributed by atoms with van der Waals surface area (Å²) in [5, 5.41) is 29.4. The lowest BCUT2D eigenvalue weighted by molar-refractivity contribution is -0.140. The van der Waals surface area contributed by atoms with Crippen LogP contribution in [0.1, 0.15) is 64.7 Å². The molecule has 0 aromatic heterocycles. The van der Waals surface area contributed by atoms with Gasteiger partial charge in [-0.3, -0.25) is 4.79 Å². The number of esters is 1. The first-order valence-corrected chi connectivity index (χ1v) is 8.95. The molecule has 140 valence electrons. The van der Waals surface area contributed by atoms with Gasteiger partial charge in [0.15, 0.2) is 0 Å². The van der Waals surface area contributed by atoms with E-state index in [-0.39, 0.29) is 5.97 Å². The fourth-order valence-corrected chi connectivity index (χ4v) is 2.28. The van der Waals surface area contributed by atoms with Crippen molar-refractivity contribution in [2.24, 2.45) is 0 Å². The van der Waals surface area contributed by atoms with Crippen LogP contribution in [0.25, 0.3) is 0 Å². The third-order valence-electron chi connectivity index (χ3n) is 3.84. The van der Waals surface area contributed by atoms with E-state index in [1.54, 1.807) is 6.08 Å². The van der Waals surface area contributed by atoms with Crippen LogP contribution in [0.5, 0.6) is 0 Å². The predicted molar refractivity (Wildman–Crippen MR) is 95.5 cm³/mol. The number of hydrogen-bond acceptors (Lipinski definition) is 5. The van der Waals surface area contributed by atoms with Crippen molar-refractivity contribution < 1.29 is 24.9 Å². The van der Waals surface area contributed by atoms with Crippen molar-refractivity contribution in [2.75, 3.05) is 7.11 Å². The summed E-state index contributed by atoms with van der Waals surface area (Å²) in [4.78, 5) is 10.9. The molecule has 0 radical (unpaired) electrons. The highest BCUT2D eigenvalue weighted by Crippen LogP contribution is 2.10.